The standard InChI is InChI=1S/C15H25N3O/c1-3-16-15-13(7-6-9-17-15)11-18(2)12-14-8-4-5-10-19-14/h6-7,9,14H,3-5,8,10-12H2,1-2H3,(H,16,17). The Kier molecular flexibility index (Phi) is 5.61. The van der Waals surface area contributed by atoms with Gasteiger partial charge in [0.1, 0.15) is 5.82 Å². The van der Waals surface area contributed by atoms with E-state index in [1.54, 1.807) is 0 Å². The van der Waals surface area contributed by atoms with Gasteiger partial charge in [0.05, 0.1) is 6.10 Å². The number of rotatable bonds is 6. The molecule has 4 heteroatoms. The highest BCUT2D eigenvalue weighted by Crippen LogP contribution is 2.17. The van der Waals surface area contributed by atoms with Gasteiger partial charge in [-0.15, -0.1) is 0 Å². The van der Waals surface area contributed by atoms with Crippen LogP contribution in [0, 0.1) is 0 Å². The van der Waals surface area contributed by atoms with Gasteiger partial charge in [0, 0.05) is 38.0 Å². The van der Waals surface area contributed by atoms with Crippen LogP contribution in [-0.4, -0.2) is 42.7 Å². The summed E-state index contributed by atoms with van der Waals surface area (Å²) in [7, 11) is 2.15. The third kappa shape index (κ3) is 4.48. The normalized spacial score (nSPS) is 19.6. The van der Waals surface area contributed by atoms with Crippen LogP contribution in [0.2, 0.25) is 0 Å². The Morgan fingerprint density at radius 3 is 3.11 bits per heavy atom. The van der Waals surface area contributed by atoms with Crippen LogP contribution in [0.15, 0.2) is 18.3 Å². The predicted molar refractivity (Wildman–Crippen MR) is 78.3 cm³/mol. The number of anilines is 1. The van der Waals surface area contributed by atoms with E-state index in [2.05, 4.69) is 35.2 Å². The molecule has 1 unspecified atom stereocenters. The summed E-state index contributed by atoms with van der Waals surface area (Å²) in [5, 5.41) is 3.32. The maximum Gasteiger partial charge on any atom is 0.130 e. The molecule has 1 aliphatic rings. The molecule has 0 radical (unpaired) electrons. The van der Waals surface area contributed by atoms with E-state index < -0.39 is 0 Å². The SMILES string of the molecule is CCNc1ncccc1CN(C)CC1CCCCO1. The molecule has 1 saturated heterocycles. The van der Waals surface area contributed by atoms with Gasteiger partial charge in [-0.1, -0.05) is 6.07 Å². The van der Waals surface area contributed by atoms with Gasteiger partial charge in [0.15, 0.2) is 0 Å². The van der Waals surface area contributed by atoms with E-state index >= 15 is 0 Å². The van der Waals surface area contributed by atoms with Gasteiger partial charge in [-0.2, -0.15) is 0 Å². The minimum atomic E-state index is 0.401. The quantitative estimate of drug-likeness (QED) is 0.856. The zero-order chi connectivity index (χ0) is 13.5. The average Bonchev–Trinajstić information content (AvgIpc) is 2.42. The van der Waals surface area contributed by atoms with Gasteiger partial charge in [-0.3, -0.25) is 4.90 Å². The Morgan fingerprint density at radius 2 is 2.37 bits per heavy atom. The maximum atomic E-state index is 5.79. The number of nitrogens with zero attached hydrogens (tertiary/aromatic N) is 2. The van der Waals surface area contributed by atoms with Crippen molar-refractivity contribution in [1.29, 1.82) is 0 Å². The van der Waals surface area contributed by atoms with E-state index in [9.17, 15) is 0 Å². The first-order chi connectivity index (χ1) is 9.29. The molecule has 2 rings (SSSR count). The molecule has 0 saturated carbocycles. The van der Waals surface area contributed by atoms with Gasteiger partial charge >= 0.3 is 0 Å². The molecule has 1 aromatic heterocycles. The lowest BCUT2D eigenvalue weighted by atomic mass is 10.1. The fraction of sp³-hybridized carbons (Fsp3) is 0.667. The predicted octanol–water partition coefficient (Wildman–Crippen LogP) is 2.51. The summed E-state index contributed by atoms with van der Waals surface area (Å²) in [6.07, 6.45) is 5.95. The van der Waals surface area contributed by atoms with Crippen LogP contribution < -0.4 is 5.32 Å². The van der Waals surface area contributed by atoms with Crippen molar-refractivity contribution in [3.8, 4) is 0 Å². The van der Waals surface area contributed by atoms with E-state index in [0.717, 1.165) is 32.1 Å². The van der Waals surface area contributed by atoms with Crippen LogP contribution in [0.3, 0.4) is 0 Å². The number of ether oxygens (including phenoxy) is 1. The molecule has 1 atom stereocenters. The maximum absolute atomic E-state index is 5.79. The summed E-state index contributed by atoms with van der Waals surface area (Å²) in [4.78, 5) is 6.73. The van der Waals surface area contributed by atoms with Gasteiger partial charge in [0.2, 0.25) is 0 Å². The smallest absolute Gasteiger partial charge is 0.130 e. The van der Waals surface area contributed by atoms with E-state index in [1.807, 2.05) is 12.3 Å². The van der Waals surface area contributed by atoms with Crippen molar-refractivity contribution in [3.63, 3.8) is 0 Å². The number of pyridine rings is 1. The molecule has 0 aliphatic carbocycles. The van der Waals surface area contributed by atoms with E-state index in [0.29, 0.717) is 6.10 Å². The van der Waals surface area contributed by atoms with Crippen LogP contribution in [0.1, 0.15) is 31.7 Å². The lowest BCUT2D eigenvalue weighted by molar-refractivity contribution is -0.00257. The second kappa shape index (κ2) is 7.46. The first-order valence-electron chi connectivity index (χ1n) is 7.27. The summed E-state index contributed by atoms with van der Waals surface area (Å²) in [6.45, 7) is 5.84. The van der Waals surface area contributed by atoms with Gasteiger partial charge in [-0.05, 0) is 39.3 Å². The first kappa shape index (κ1) is 14.3. The number of nitrogens with one attached hydrogen (secondary N) is 1. The van der Waals surface area contributed by atoms with Crippen LogP contribution in [-0.2, 0) is 11.3 Å². The molecule has 2 heterocycles. The van der Waals surface area contributed by atoms with Crippen molar-refractivity contribution in [2.45, 2.75) is 38.8 Å². The number of aromatic nitrogens is 1. The van der Waals surface area contributed by atoms with E-state index in [4.69, 9.17) is 4.74 Å². The summed E-state index contributed by atoms with van der Waals surface area (Å²) >= 11 is 0. The topological polar surface area (TPSA) is 37.4 Å². The highest BCUT2D eigenvalue weighted by Gasteiger charge is 2.16. The molecule has 0 bridgehead atoms. The van der Waals surface area contributed by atoms with Crippen molar-refractivity contribution in [3.05, 3.63) is 23.9 Å². The number of hydrogen-bond donors (Lipinski definition) is 1. The molecule has 0 spiro atoms. The Balaban J connectivity index is 1.88. The van der Waals surface area contributed by atoms with Crippen molar-refractivity contribution >= 4 is 5.82 Å². The van der Waals surface area contributed by atoms with E-state index in [-0.39, 0.29) is 0 Å². The number of hydrogen-bond acceptors (Lipinski definition) is 4. The molecule has 4 nitrogen and oxygen atoms in total. The molecular formula is C15H25N3O. The van der Waals surface area contributed by atoms with Crippen molar-refractivity contribution < 1.29 is 4.74 Å². The summed E-state index contributed by atoms with van der Waals surface area (Å²) in [5.74, 6) is 1.00. The summed E-state index contributed by atoms with van der Waals surface area (Å²) < 4.78 is 5.79. The highest BCUT2D eigenvalue weighted by molar-refractivity contribution is 5.43. The number of likely N-dealkylation sites (N-methyl/N-ethyl adjacent to an activating group) is 1. The molecule has 19 heavy (non-hydrogen) atoms. The van der Waals surface area contributed by atoms with Crippen molar-refractivity contribution in [1.82, 2.24) is 9.88 Å². The lowest BCUT2D eigenvalue weighted by Gasteiger charge is -2.27. The zero-order valence-corrected chi connectivity index (χ0v) is 12.1. The third-order valence-electron chi connectivity index (χ3n) is 3.47. The fourth-order valence-electron chi connectivity index (χ4n) is 2.55. The summed E-state index contributed by atoms with van der Waals surface area (Å²) in [6, 6.07) is 4.14. The minimum Gasteiger partial charge on any atom is -0.377 e. The summed E-state index contributed by atoms with van der Waals surface area (Å²) in [5.41, 5.74) is 1.25. The molecule has 0 amide bonds. The van der Waals surface area contributed by atoms with Gasteiger partial charge < -0.3 is 10.1 Å². The monoisotopic (exact) mass is 263 g/mol. The molecule has 1 fully saturated rings. The van der Waals surface area contributed by atoms with Crippen LogP contribution >= 0.6 is 0 Å². The Bertz CT molecular complexity index is 377. The third-order valence-corrected chi connectivity index (χ3v) is 3.47. The zero-order valence-electron chi connectivity index (χ0n) is 12.1. The Labute approximate surface area is 116 Å². The average molecular weight is 263 g/mol. The largest absolute Gasteiger partial charge is 0.377 e. The fourth-order valence-corrected chi connectivity index (χ4v) is 2.55. The van der Waals surface area contributed by atoms with Crippen LogP contribution in [0.4, 0.5) is 5.82 Å². The second-order valence-electron chi connectivity index (χ2n) is 5.23. The molecular weight excluding hydrogens is 238 g/mol. The Hall–Kier alpha value is -1.13. The highest BCUT2D eigenvalue weighted by atomic mass is 16.5. The van der Waals surface area contributed by atoms with Crippen molar-refractivity contribution in [2.24, 2.45) is 0 Å². The molecule has 1 N–H and O–H groups in total. The second-order valence-corrected chi connectivity index (χ2v) is 5.23. The molecule has 0 aromatic carbocycles. The van der Waals surface area contributed by atoms with Crippen molar-refractivity contribution in [2.75, 3.05) is 32.1 Å². The first-order valence-corrected chi connectivity index (χ1v) is 7.27. The minimum absolute atomic E-state index is 0.401. The molecule has 106 valence electrons. The lowest BCUT2D eigenvalue weighted by Crippen LogP contribution is -2.33. The van der Waals surface area contributed by atoms with E-state index in [1.165, 1.54) is 24.8 Å². The van der Waals surface area contributed by atoms with Crippen LogP contribution in [0.25, 0.3) is 0 Å². The van der Waals surface area contributed by atoms with Gasteiger partial charge in [-0.25, -0.2) is 4.98 Å². The Morgan fingerprint density at radius 1 is 1.47 bits per heavy atom. The van der Waals surface area contributed by atoms with Crippen LogP contribution in [0.5, 0.6) is 0 Å². The molecule has 1 aromatic rings. The molecule has 1 aliphatic heterocycles. The van der Waals surface area contributed by atoms with Gasteiger partial charge in [0.25, 0.3) is 0 Å².